The maximum Gasteiger partial charge on any atom is 0.339 e. The third-order valence-corrected chi connectivity index (χ3v) is 8.26. The van der Waals surface area contributed by atoms with Crippen LogP contribution < -0.4 is 0 Å². The lowest BCUT2D eigenvalue weighted by Gasteiger charge is -2.31. The summed E-state index contributed by atoms with van der Waals surface area (Å²) in [5.74, 6) is 0.465. The van der Waals surface area contributed by atoms with E-state index in [0.29, 0.717) is 41.6 Å². The molecule has 0 amide bonds. The fourth-order valence-electron chi connectivity index (χ4n) is 6.24. The standard InChI is InChI=1S/C38H66O4/c1-10-11-12-13-14-15-16-17-18-21-26-41-35(39)33-22-19-20-23-34(33)36(40)42-29-32(31(3)28-38(7,8)9)25-24-30(2)27-37(4,5)6/h19-20,22-23,30-32H,10-18,21,24-29H2,1-9H3. The number of carbonyl (C=O) groups excluding carboxylic acids is 2. The summed E-state index contributed by atoms with van der Waals surface area (Å²) in [5, 5.41) is 0. The average Bonchev–Trinajstić information content (AvgIpc) is 2.89. The molecule has 3 atom stereocenters. The Labute approximate surface area is 260 Å². The molecule has 1 aromatic rings. The molecule has 4 heteroatoms. The third kappa shape index (κ3) is 18.0. The van der Waals surface area contributed by atoms with Crippen LogP contribution in [0.1, 0.15) is 173 Å². The number of unbranched alkanes of at least 4 members (excludes halogenated alkanes) is 9. The van der Waals surface area contributed by atoms with E-state index in [-0.39, 0.29) is 11.3 Å². The minimum absolute atomic E-state index is 0.212. The van der Waals surface area contributed by atoms with Crippen LogP contribution in [0, 0.1) is 28.6 Å². The van der Waals surface area contributed by atoms with Crippen molar-refractivity contribution in [2.45, 2.75) is 152 Å². The second-order valence-corrected chi connectivity index (χ2v) is 15.4. The number of esters is 2. The van der Waals surface area contributed by atoms with Crippen molar-refractivity contribution in [1.82, 2.24) is 0 Å². The number of hydrogen-bond donors (Lipinski definition) is 0. The van der Waals surface area contributed by atoms with Gasteiger partial charge in [0.1, 0.15) is 0 Å². The van der Waals surface area contributed by atoms with Crippen molar-refractivity contribution in [3.63, 3.8) is 0 Å². The minimum atomic E-state index is -0.438. The van der Waals surface area contributed by atoms with Crippen molar-refractivity contribution in [3.05, 3.63) is 35.4 Å². The van der Waals surface area contributed by atoms with Crippen LogP contribution in [0.2, 0.25) is 0 Å². The summed E-state index contributed by atoms with van der Waals surface area (Å²) in [6.07, 6.45) is 16.7. The molecular weight excluding hydrogens is 520 g/mol. The third-order valence-electron chi connectivity index (χ3n) is 8.26. The predicted molar refractivity (Wildman–Crippen MR) is 178 cm³/mol. The van der Waals surface area contributed by atoms with Crippen molar-refractivity contribution in [2.24, 2.45) is 28.6 Å². The Bertz CT molecular complexity index is 876. The van der Waals surface area contributed by atoms with Gasteiger partial charge < -0.3 is 9.47 Å². The molecule has 0 aliphatic carbocycles. The summed E-state index contributed by atoms with van der Waals surface area (Å²) in [5.41, 5.74) is 1.12. The topological polar surface area (TPSA) is 52.6 Å². The van der Waals surface area contributed by atoms with Gasteiger partial charge in [-0.25, -0.2) is 9.59 Å². The van der Waals surface area contributed by atoms with E-state index in [0.717, 1.165) is 32.1 Å². The zero-order valence-corrected chi connectivity index (χ0v) is 29.0. The molecule has 4 nitrogen and oxygen atoms in total. The first-order valence-corrected chi connectivity index (χ1v) is 17.2. The van der Waals surface area contributed by atoms with Gasteiger partial charge in [0.2, 0.25) is 0 Å². The van der Waals surface area contributed by atoms with Gasteiger partial charge in [0.25, 0.3) is 0 Å². The zero-order valence-electron chi connectivity index (χ0n) is 29.0. The van der Waals surface area contributed by atoms with Crippen LogP contribution in [0.25, 0.3) is 0 Å². The summed E-state index contributed by atoms with van der Waals surface area (Å²) in [6, 6.07) is 6.91. The number of carbonyl (C=O) groups is 2. The largest absolute Gasteiger partial charge is 0.462 e. The Morgan fingerprint density at radius 1 is 0.667 bits per heavy atom. The van der Waals surface area contributed by atoms with E-state index in [9.17, 15) is 9.59 Å². The molecule has 0 N–H and O–H groups in total. The molecule has 0 aliphatic heterocycles. The van der Waals surface area contributed by atoms with E-state index in [1.807, 2.05) is 0 Å². The Hall–Kier alpha value is -1.84. The summed E-state index contributed by atoms with van der Waals surface area (Å²) in [4.78, 5) is 26.1. The molecule has 0 saturated carbocycles. The van der Waals surface area contributed by atoms with E-state index in [4.69, 9.17) is 9.47 Å². The van der Waals surface area contributed by atoms with Crippen molar-refractivity contribution in [2.75, 3.05) is 13.2 Å². The minimum Gasteiger partial charge on any atom is -0.462 e. The van der Waals surface area contributed by atoms with Gasteiger partial charge in [-0.1, -0.05) is 139 Å². The predicted octanol–water partition coefficient (Wildman–Crippen LogP) is 11.5. The Morgan fingerprint density at radius 2 is 1.14 bits per heavy atom. The number of hydrogen-bond acceptors (Lipinski definition) is 4. The van der Waals surface area contributed by atoms with E-state index in [2.05, 4.69) is 62.3 Å². The second kappa shape index (κ2) is 20.2. The molecule has 1 rings (SSSR count). The summed E-state index contributed by atoms with van der Waals surface area (Å²) in [7, 11) is 0. The van der Waals surface area contributed by atoms with Crippen LogP contribution in [0.4, 0.5) is 0 Å². The number of benzene rings is 1. The smallest absolute Gasteiger partial charge is 0.339 e. The number of rotatable bonds is 21. The molecule has 0 fully saturated rings. The van der Waals surface area contributed by atoms with Gasteiger partial charge in [-0.05, 0) is 66.4 Å². The molecule has 0 saturated heterocycles. The van der Waals surface area contributed by atoms with Crippen molar-refractivity contribution >= 4 is 11.9 Å². The quantitative estimate of drug-likeness (QED) is 0.106. The lowest BCUT2D eigenvalue weighted by atomic mass is 9.76. The fraction of sp³-hybridized carbons (Fsp3) is 0.789. The molecule has 0 aromatic heterocycles. The van der Waals surface area contributed by atoms with Crippen molar-refractivity contribution in [1.29, 1.82) is 0 Å². The van der Waals surface area contributed by atoms with Gasteiger partial charge in [-0.2, -0.15) is 0 Å². The molecular formula is C38H66O4. The van der Waals surface area contributed by atoms with Gasteiger partial charge in [-0.3, -0.25) is 0 Å². The highest BCUT2D eigenvalue weighted by Crippen LogP contribution is 2.34. The van der Waals surface area contributed by atoms with Crippen LogP contribution in [-0.4, -0.2) is 25.2 Å². The summed E-state index contributed by atoms with van der Waals surface area (Å²) >= 11 is 0. The van der Waals surface area contributed by atoms with Gasteiger partial charge in [0.15, 0.2) is 0 Å². The highest BCUT2D eigenvalue weighted by atomic mass is 16.5. The van der Waals surface area contributed by atoms with Gasteiger partial charge in [0, 0.05) is 0 Å². The van der Waals surface area contributed by atoms with Crippen LogP contribution in [0.3, 0.4) is 0 Å². The van der Waals surface area contributed by atoms with E-state index in [1.165, 1.54) is 57.8 Å². The molecule has 0 bridgehead atoms. The van der Waals surface area contributed by atoms with Gasteiger partial charge in [0.05, 0.1) is 24.3 Å². The summed E-state index contributed by atoms with van der Waals surface area (Å²) in [6.45, 7) is 21.3. The molecule has 0 heterocycles. The summed E-state index contributed by atoms with van der Waals surface area (Å²) < 4.78 is 11.5. The highest BCUT2D eigenvalue weighted by molar-refractivity contribution is 6.03. The first-order chi connectivity index (χ1) is 19.7. The van der Waals surface area contributed by atoms with Crippen LogP contribution in [0.5, 0.6) is 0 Å². The molecule has 0 aliphatic rings. The Kier molecular flexibility index (Phi) is 18.3. The Balaban J connectivity index is 2.63. The van der Waals surface area contributed by atoms with Crippen LogP contribution in [0.15, 0.2) is 24.3 Å². The van der Waals surface area contributed by atoms with E-state index in [1.54, 1.807) is 24.3 Å². The monoisotopic (exact) mass is 586 g/mol. The second-order valence-electron chi connectivity index (χ2n) is 15.4. The van der Waals surface area contributed by atoms with E-state index < -0.39 is 11.9 Å². The SMILES string of the molecule is CCCCCCCCCCCCOC(=O)c1ccccc1C(=O)OCC(CCC(C)CC(C)(C)C)C(C)CC(C)(C)C. The number of ether oxygens (including phenoxy) is 2. The molecule has 1 aromatic carbocycles. The average molecular weight is 587 g/mol. The normalized spacial score (nSPS) is 14.3. The zero-order chi connectivity index (χ0) is 31.6. The van der Waals surface area contributed by atoms with Crippen molar-refractivity contribution < 1.29 is 19.1 Å². The first-order valence-electron chi connectivity index (χ1n) is 17.2. The van der Waals surface area contributed by atoms with Crippen molar-refractivity contribution in [3.8, 4) is 0 Å². The van der Waals surface area contributed by atoms with Crippen LogP contribution >= 0.6 is 0 Å². The lowest BCUT2D eigenvalue weighted by Crippen LogP contribution is -2.25. The molecule has 3 unspecified atom stereocenters. The molecule has 42 heavy (non-hydrogen) atoms. The fourth-order valence-corrected chi connectivity index (χ4v) is 6.24. The highest BCUT2D eigenvalue weighted by Gasteiger charge is 2.27. The maximum atomic E-state index is 13.2. The first kappa shape index (κ1) is 38.2. The van der Waals surface area contributed by atoms with Crippen LogP contribution in [-0.2, 0) is 9.47 Å². The Morgan fingerprint density at radius 3 is 1.64 bits per heavy atom. The molecule has 0 radical (unpaired) electrons. The molecule has 0 spiro atoms. The van der Waals surface area contributed by atoms with Gasteiger partial charge in [-0.15, -0.1) is 0 Å². The van der Waals surface area contributed by atoms with E-state index >= 15 is 0 Å². The maximum absolute atomic E-state index is 13.2. The lowest BCUT2D eigenvalue weighted by molar-refractivity contribution is 0.0342. The molecule has 242 valence electrons. The van der Waals surface area contributed by atoms with Gasteiger partial charge >= 0.3 is 11.9 Å².